The molecule has 3 rings (SSSR count). The van der Waals surface area contributed by atoms with Crippen LogP contribution < -0.4 is 0 Å². The summed E-state index contributed by atoms with van der Waals surface area (Å²) in [5, 5.41) is 0.721. The van der Waals surface area contributed by atoms with Gasteiger partial charge in [0, 0.05) is 16.6 Å². The van der Waals surface area contributed by atoms with Crippen LogP contribution in [0.15, 0.2) is 54.6 Å². The maximum atomic E-state index is 12.5. The van der Waals surface area contributed by atoms with E-state index in [0.717, 1.165) is 23.0 Å². The van der Waals surface area contributed by atoms with Gasteiger partial charge in [0.25, 0.3) is 0 Å². The molecule has 138 valence electrons. The molecule has 0 spiro atoms. The van der Waals surface area contributed by atoms with Gasteiger partial charge in [-0.25, -0.2) is 4.79 Å². The van der Waals surface area contributed by atoms with Gasteiger partial charge >= 0.3 is 5.97 Å². The van der Waals surface area contributed by atoms with E-state index in [4.69, 9.17) is 4.74 Å². The molecule has 0 unspecified atom stereocenters. The van der Waals surface area contributed by atoms with Crippen LogP contribution >= 0.6 is 0 Å². The highest BCUT2D eigenvalue weighted by Gasteiger charge is 2.16. The fraction of sp³-hybridized carbons (Fsp3) is 0.261. The second-order valence-electron chi connectivity index (χ2n) is 6.76. The average Bonchev–Trinajstić information content (AvgIpc) is 2.70. The molecule has 0 saturated heterocycles. The van der Waals surface area contributed by atoms with Crippen molar-refractivity contribution in [2.75, 3.05) is 6.61 Å². The summed E-state index contributed by atoms with van der Waals surface area (Å²) >= 11 is 0. The quantitative estimate of drug-likeness (QED) is 0.453. The zero-order valence-electron chi connectivity index (χ0n) is 15.9. The first-order chi connectivity index (χ1) is 13.0. The van der Waals surface area contributed by atoms with Gasteiger partial charge in [-0.15, -0.1) is 0 Å². The summed E-state index contributed by atoms with van der Waals surface area (Å²) in [4.78, 5) is 29.3. The molecule has 0 aliphatic carbocycles. The molecule has 0 bridgehead atoms. The lowest BCUT2D eigenvalue weighted by Crippen LogP contribution is -2.15. The van der Waals surface area contributed by atoms with Crippen molar-refractivity contribution in [2.24, 2.45) is 0 Å². The van der Waals surface area contributed by atoms with E-state index in [1.54, 1.807) is 18.2 Å². The van der Waals surface area contributed by atoms with E-state index in [-0.39, 0.29) is 12.4 Å². The number of para-hydroxylation sites is 1. The van der Waals surface area contributed by atoms with E-state index in [9.17, 15) is 9.59 Å². The molecule has 27 heavy (non-hydrogen) atoms. The van der Waals surface area contributed by atoms with Gasteiger partial charge in [0.1, 0.15) is 0 Å². The normalized spacial score (nSPS) is 12.0. The maximum absolute atomic E-state index is 12.5. The number of rotatable bonds is 6. The fourth-order valence-corrected chi connectivity index (χ4v) is 3.00. The van der Waals surface area contributed by atoms with Gasteiger partial charge in [0.2, 0.25) is 0 Å². The summed E-state index contributed by atoms with van der Waals surface area (Å²) in [6, 6.07) is 16.6. The van der Waals surface area contributed by atoms with Crippen LogP contribution in [0.25, 0.3) is 10.9 Å². The first-order valence-electron chi connectivity index (χ1n) is 9.16. The number of hydrogen-bond donors (Lipinski definition) is 0. The highest BCUT2D eigenvalue weighted by atomic mass is 16.5. The molecule has 0 aliphatic heterocycles. The van der Waals surface area contributed by atoms with Crippen LogP contribution in [0.5, 0.6) is 0 Å². The van der Waals surface area contributed by atoms with Gasteiger partial charge in [0.05, 0.1) is 11.1 Å². The van der Waals surface area contributed by atoms with E-state index in [0.29, 0.717) is 17.0 Å². The topological polar surface area (TPSA) is 56.3 Å². The monoisotopic (exact) mass is 361 g/mol. The Kier molecular flexibility index (Phi) is 5.65. The van der Waals surface area contributed by atoms with Crippen molar-refractivity contribution in [3.63, 3.8) is 0 Å². The number of aryl methyl sites for hydroxylation is 1. The second-order valence-corrected chi connectivity index (χ2v) is 6.76. The highest BCUT2D eigenvalue weighted by Crippen LogP contribution is 2.20. The number of ketones is 1. The van der Waals surface area contributed by atoms with E-state index in [1.807, 2.05) is 43.3 Å². The molecule has 3 aromatic rings. The Balaban J connectivity index is 1.71. The lowest BCUT2D eigenvalue weighted by Gasteiger charge is -2.10. The number of esters is 1. The molecule has 1 heterocycles. The summed E-state index contributed by atoms with van der Waals surface area (Å²) in [5.74, 6) is -0.273. The number of pyridine rings is 1. The fourth-order valence-electron chi connectivity index (χ4n) is 3.00. The van der Waals surface area contributed by atoms with Gasteiger partial charge < -0.3 is 4.74 Å². The zero-order valence-corrected chi connectivity index (χ0v) is 15.9. The lowest BCUT2D eigenvalue weighted by molar-refractivity contribution is 0.0476. The van der Waals surface area contributed by atoms with Crippen LogP contribution in [-0.4, -0.2) is 23.3 Å². The Morgan fingerprint density at radius 2 is 1.78 bits per heavy atom. The highest BCUT2D eigenvalue weighted by molar-refractivity contribution is 6.05. The lowest BCUT2D eigenvalue weighted by atomic mass is 9.97. The van der Waals surface area contributed by atoms with E-state index < -0.39 is 5.97 Å². The molecular formula is C23H23NO3. The van der Waals surface area contributed by atoms with Crippen LogP contribution in [-0.2, 0) is 4.74 Å². The third-order valence-corrected chi connectivity index (χ3v) is 4.81. The summed E-state index contributed by atoms with van der Waals surface area (Å²) in [7, 11) is 0. The number of aromatic nitrogens is 1. The third-order valence-electron chi connectivity index (χ3n) is 4.81. The molecule has 0 N–H and O–H groups in total. The van der Waals surface area contributed by atoms with Crippen molar-refractivity contribution in [1.82, 2.24) is 4.98 Å². The van der Waals surface area contributed by atoms with Crippen molar-refractivity contribution in [2.45, 2.75) is 33.1 Å². The predicted octanol–water partition coefficient (Wildman–Crippen LogP) is 5.10. The molecule has 0 aliphatic rings. The Bertz CT molecular complexity index is 977. The third kappa shape index (κ3) is 4.22. The number of Topliss-reactive ketones (excluding diaryl/α,β-unsaturated/α-hetero) is 1. The van der Waals surface area contributed by atoms with Gasteiger partial charge in [-0.3, -0.25) is 9.78 Å². The number of hydrogen-bond acceptors (Lipinski definition) is 4. The number of ether oxygens (including phenoxy) is 1. The van der Waals surface area contributed by atoms with Gasteiger partial charge in [-0.2, -0.15) is 0 Å². The van der Waals surface area contributed by atoms with Crippen molar-refractivity contribution in [1.29, 1.82) is 0 Å². The first kappa shape index (κ1) is 18.8. The minimum Gasteiger partial charge on any atom is -0.454 e. The van der Waals surface area contributed by atoms with Gasteiger partial charge in [-0.05, 0) is 37.0 Å². The van der Waals surface area contributed by atoms with Crippen molar-refractivity contribution in [3.8, 4) is 0 Å². The number of benzene rings is 2. The van der Waals surface area contributed by atoms with Crippen molar-refractivity contribution < 1.29 is 14.3 Å². The van der Waals surface area contributed by atoms with Crippen LogP contribution in [0.2, 0.25) is 0 Å². The summed E-state index contributed by atoms with van der Waals surface area (Å²) in [6.07, 6.45) is 1.05. The zero-order chi connectivity index (χ0) is 19.4. The largest absolute Gasteiger partial charge is 0.454 e. The SMILES string of the molecule is CC[C@@H](C)c1ccc(C(=O)COC(=O)c2cc(C)nc3ccccc23)cc1. The van der Waals surface area contributed by atoms with Crippen LogP contribution in [0.4, 0.5) is 0 Å². The first-order valence-corrected chi connectivity index (χ1v) is 9.16. The van der Waals surface area contributed by atoms with Crippen molar-refractivity contribution in [3.05, 3.63) is 77.0 Å². The van der Waals surface area contributed by atoms with Crippen LogP contribution in [0.1, 0.15) is 58.2 Å². The summed E-state index contributed by atoms with van der Waals surface area (Å²) < 4.78 is 5.29. The molecule has 4 nitrogen and oxygen atoms in total. The minimum atomic E-state index is -0.513. The Morgan fingerprint density at radius 1 is 1.07 bits per heavy atom. The number of nitrogens with zero attached hydrogens (tertiary/aromatic N) is 1. The smallest absolute Gasteiger partial charge is 0.339 e. The summed E-state index contributed by atoms with van der Waals surface area (Å²) in [5.41, 5.74) is 3.64. The standard InChI is InChI=1S/C23H23NO3/c1-4-15(2)17-9-11-18(12-10-17)22(25)14-27-23(26)20-13-16(3)24-21-8-6-5-7-19(20)21/h5-13,15H,4,14H2,1-3H3/t15-/m1/s1. The molecule has 0 saturated carbocycles. The van der Waals surface area contributed by atoms with Crippen molar-refractivity contribution >= 4 is 22.7 Å². The predicted molar refractivity (Wildman–Crippen MR) is 106 cm³/mol. The molecule has 1 aromatic heterocycles. The molecule has 0 amide bonds. The van der Waals surface area contributed by atoms with Crippen LogP contribution in [0.3, 0.4) is 0 Å². The Morgan fingerprint density at radius 3 is 2.48 bits per heavy atom. The van der Waals surface area contributed by atoms with Crippen LogP contribution in [0, 0.1) is 6.92 Å². The maximum Gasteiger partial charge on any atom is 0.339 e. The molecular weight excluding hydrogens is 338 g/mol. The molecule has 0 fully saturated rings. The average molecular weight is 361 g/mol. The van der Waals surface area contributed by atoms with Gasteiger partial charge in [-0.1, -0.05) is 56.3 Å². The number of carbonyl (C=O) groups is 2. The van der Waals surface area contributed by atoms with E-state index in [1.165, 1.54) is 5.56 Å². The Hall–Kier alpha value is -3.01. The minimum absolute atomic E-state index is 0.214. The second kappa shape index (κ2) is 8.12. The van der Waals surface area contributed by atoms with E-state index in [2.05, 4.69) is 18.8 Å². The molecule has 0 radical (unpaired) electrons. The number of carbonyl (C=O) groups excluding carboxylic acids is 2. The number of fused-ring (bicyclic) bond motifs is 1. The molecule has 4 heteroatoms. The molecule has 2 aromatic carbocycles. The summed E-state index contributed by atoms with van der Waals surface area (Å²) in [6.45, 7) is 5.83. The Labute approximate surface area is 159 Å². The molecule has 1 atom stereocenters. The van der Waals surface area contributed by atoms with E-state index >= 15 is 0 Å². The van der Waals surface area contributed by atoms with Gasteiger partial charge in [0.15, 0.2) is 12.4 Å².